The number of ether oxygens (including phenoxy) is 1. The van der Waals surface area contributed by atoms with Gasteiger partial charge in [0.15, 0.2) is 0 Å². The van der Waals surface area contributed by atoms with E-state index in [1.807, 2.05) is 13.8 Å². The Hall–Kier alpha value is -0.995. The molecule has 2 heterocycles. The topological polar surface area (TPSA) is 27.7 Å². The highest BCUT2D eigenvalue weighted by atomic mass is 16.6. The molecular formula is C16H23BO3. The van der Waals surface area contributed by atoms with E-state index in [1.165, 1.54) is 11.1 Å². The van der Waals surface area contributed by atoms with Gasteiger partial charge in [0.2, 0.25) is 0 Å². The van der Waals surface area contributed by atoms with E-state index in [9.17, 15) is 0 Å². The van der Waals surface area contributed by atoms with Crippen LogP contribution in [0.3, 0.4) is 0 Å². The van der Waals surface area contributed by atoms with Crippen LogP contribution in [-0.4, -0.2) is 19.3 Å². The molecule has 3 nitrogen and oxygen atoms in total. The molecule has 0 bridgehead atoms. The maximum Gasteiger partial charge on any atom is 0.499 e. The average Bonchev–Trinajstić information content (AvgIpc) is 2.67. The lowest BCUT2D eigenvalue weighted by molar-refractivity contribution is 0.0267. The SMILES string of the molecule is CC[C@H]1OB2OC(C)(C)COc3ccc(C(C)C)c1c32. The zero-order valence-corrected chi connectivity index (χ0v) is 13.0. The van der Waals surface area contributed by atoms with Crippen LogP contribution in [0, 0.1) is 0 Å². The van der Waals surface area contributed by atoms with Crippen molar-refractivity contribution in [2.45, 2.75) is 58.7 Å². The van der Waals surface area contributed by atoms with Crippen LogP contribution in [0.15, 0.2) is 12.1 Å². The molecule has 0 fully saturated rings. The molecule has 20 heavy (non-hydrogen) atoms. The van der Waals surface area contributed by atoms with Crippen LogP contribution in [0.2, 0.25) is 0 Å². The molecule has 0 aromatic heterocycles. The average molecular weight is 274 g/mol. The lowest BCUT2D eigenvalue weighted by Crippen LogP contribution is -2.40. The summed E-state index contributed by atoms with van der Waals surface area (Å²) in [5.74, 6) is 1.40. The fourth-order valence-electron chi connectivity index (χ4n) is 3.11. The zero-order chi connectivity index (χ0) is 14.5. The molecule has 1 aromatic carbocycles. The van der Waals surface area contributed by atoms with Gasteiger partial charge < -0.3 is 14.0 Å². The summed E-state index contributed by atoms with van der Waals surface area (Å²) in [5.41, 5.74) is 3.43. The van der Waals surface area contributed by atoms with Crippen molar-refractivity contribution >= 4 is 12.6 Å². The second-order valence-corrected chi connectivity index (χ2v) is 6.67. The molecule has 1 aromatic rings. The molecule has 0 amide bonds. The third-order valence-corrected chi connectivity index (χ3v) is 4.12. The van der Waals surface area contributed by atoms with Crippen molar-refractivity contribution in [1.82, 2.24) is 0 Å². The third kappa shape index (κ3) is 2.15. The summed E-state index contributed by atoms with van der Waals surface area (Å²) >= 11 is 0. The largest absolute Gasteiger partial charge is 0.499 e. The third-order valence-electron chi connectivity index (χ3n) is 4.12. The normalized spacial score (nSPS) is 23.5. The van der Waals surface area contributed by atoms with Crippen molar-refractivity contribution in [2.75, 3.05) is 6.61 Å². The summed E-state index contributed by atoms with van der Waals surface area (Å²) in [6.07, 6.45) is 1.07. The first kappa shape index (κ1) is 14.0. The molecule has 0 aliphatic carbocycles. The lowest BCUT2D eigenvalue weighted by Gasteiger charge is -2.25. The van der Waals surface area contributed by atoms with Crippen molar-refractivity contribution in [2.24, 2.45) is 0 Å². The predicted octanol–water partition coefficient (Wildman–Crippen LogP) is 3.17. The Labute approximate surface area is 121 Å². The van der Waals surface area contributed by atoms with E-state index in [0.29, 0.717) is 12.5 Å². The second-order valence-electron chi connectivity index (χ2n) is 6.67. The van der Waals surface area contributed by atoms with Gasteiger partial charge in [-0.05, 0) is 43.4 Å². The van der Waals surface area contributed by atoms with Crippen LogP contribution in [0.25, 0.3) is 0 Å². The predicted molar refractivity (Wildman–Crippen MR) is 80.7 cm³/mol. The van der Waals surface area contributed by atoms with Gasteiger partial charge in [-0.1, -0.05) is 26.8 Å². The summed E-state index contributed by atoms with van der Waals surface area (Å²) < 4.78 is 18.3. The Kier molecular flexibility index (Phi) is 3.34. The van der Waals surface area contributed by atoms with Crippen molar-refractivity contribution in [3.05, 3.63) is 23.3 Å². The van der Waals surface area contributed by atoms with Crippen molar-refractivity contribution in [3.8, 4) is 5.75 Å². The van der Waals surface area contributed by atoms with Crippen LogP contribution in [0.4, 0.5) is 0 Å². The van der Waals surface area contributed by atoms with Gasteiger partial charge in [0, 0.05) is 5.46 Å². The number of rotatable bonds is 2. The number of hydrogen-bond acceptors (Lipinski definition) is 3. The van der Waals surface area contributed by atoms with Gasteiger partial charge in [-0.3, -0.25) is 0 Å². The minimum absolute atomic E-state index is 0.116. The fraction of sp³-hybridized carbons (Fsp3) is 0.625. The highest BCUT2D eigenvalue weighted by Crippen LogP contribution is 2.38. The van der Waals surface area contributed by atoms with E-state index in [-0.39, 0.29) is 18.8 Å². The Morgan fingerprint density at radius 3 is 2.75 bits per heavy atom. The molecule has 0 radical (unpaired) electrons. The molecule has 2 aliphatic heterocycles. The van der Waals surface area contributed by atoms with E-state index < -0.39 is 0 Å². The minimum Gasteiger partial charge on any atom is -0.491 e. The molecule has 0 spiro atoms. The minimum atomic E-state index is -0.332. The van der Waals surface area contributed by atoms with Crippen LogP contribution < -0.4 is 10.2 Å². The number of hydrogen-bond donors (Lipinski definition) is 0. The monoisotopic (exact) mass is 274 g/mol. The summed E-state index contributed by atoms with van der Waals surface area (Å²) in [6, 6.07) is 4.26. The quantitative estimate of drug-likeness (QED) is 0.775. The Bertz CT molecular complexity index is 525. The lowest BCUT2D eigenvalue weighted by atomic mass is 9.74. The smallest absolute Gasteiger partial charge is 0.491 e. The van der Waals surface area contributed by atoms with Crippen LogP contribution in [0.5, 0.6) is 5.75 Å². The Balaban J connectivity index is 2.15. The first-order valence-electron chi connectivity index (χ1n) is 7.55. The molecule has 3 rings (SSSR count). The van der Waals surface area contributed by atoms with Crippen LogP contribution >= 0.6 is 0 Å². The van der Waals surface area contributed by atoms with Crippen LogP contribution in [0.1, 0.15) is 64.2 Å². The maximum absolute atomic E-state index is 6.17. The van der Waals surface area contributed by atoms with E-state index in [2.05, 4.69) is 32.9 Å². The molecule has 4 heteroatoms. The zero-order valence-electron chi connectivity index (χ0n) is 13.0. The summed E-state index contributed by atoms with van der Waals surface area (Å²) in [5, 5.41) is 0. The second kappa shape index (κ2) is 4.78. The standard InChI is InChI=1S/C16H23BO3/c1-6-12-14-11(10(2)3)7-8-13-15(14)17(19-12)20-16(4,5)9-18-13/h7-8,10,12H,6,9H2,1-5H3/t12-/m1/s1. The van der Waals surface area contributed by atoms with E-state index in [4.69, 9.17) is 14.0 Å². The van der Waals surface area contributed by atoms with E-state index >= 15 is 0 Å². The highest BCUT2D eigenvalue weighted by Gasteiger charge is 2.46. The van der Waals surface area contributed by atoms with Crippen LogP contribution in [-0.2, 0) is 9.31 Å². The molecule has 2 aliphatic rings. The summed E-state index contributed by atoms with van der Waals surface area (Å²) in [7, 11) is -0.291. The summed E-state index contributed by atoms with van der Waals surface area (Å²) in [6.45, 7) is 11.2. The summed E-state index contributed by atoms with van der Waals surface area (Å²) in [4.78, 5) is 0. The maximum atomic E-state index is 6.17. The Morgan fingerprint density at radius 1 is 1.35 bits per heavy atom. The Morgan fingerprint density at radius 2 is 2.10 bits per heavy atom. The molecule has 0 unspecified atom stereocenters. The van der Waals surface area contributed by atoms with E-state index in [0.717, 1.165) is 17.6 Å². The van der Waals surface area contributed by atoms with Gasteiger partial charge in [-0.2, -0.15) is 0 Å². The molecule has 1 atom stereocenters. The fourth-order valence-corrected chi connectivity index (χ4v) is 3.11. The van der Waals surface area contributed by atoms with Gasteiger partial charge in [0.25, 0.3) is 0 Å². The van der Waals surface area contributed by atoms with Gasteiger partial charge in [-0.25, -0.2) is 0 Å². The van der Waals surface area contributed by atoms with Gasteiger partial charge >= 0.3 is 7.12 Å². The van der Waals surface area contributed by atoms with E-state index in [1.54, 1.807) is 0 Å². The van der Waals surface area contributed by atoms with Crippen molar-refractivity contribution in [1.29, 1.82) is 0 Å². The molecule has 0 N–H and O–H groups in total. The van der Waals surface area contributed by atoms with Crippen molar-refractivity contribution in [3.63, 3.8) is 0 Å². The molecule has 108 valence electrons. The molecule has 0 saturated heterocycles. The van der Waals surface area contributed by atoms with Crippen molar-refractivity contribution < 1.29 is 14.0 Å². The first-order chi connectivity index (χ1) is 9.43. The highest BCUT2D eigenvalue weighted by molar-refractivity contribution is 6.64. The first-order valence-corrected chi connectivity index (χ1v) is 7.55. The molecular weight excluding hydrogens is 251 g/mol. The number of benzene rings is 1. The van der Waals surface area contributed by atoms with Gasteiger partial charge in [0.1, 0.15) is 12.4 Å². The van der Waals surface area contributed by atoms with Gasteiger partial charge in [-0.15, -0.1) is 0 Å². The van der Waals surface area contributed by atoms with Gasteiger partial charge in [0.05, 0.1) is 11.7 Å². The molecule has 0 saturated carbocycles.